The lowest BCUT2D eigenvalue weighted by Crippen LogP contribution is -2.41. The average Bonchev–Trinajstić information content (AvgIpc) is 2.56. The minimum absolute atomic E-state index is 0.114. The van der Waals surface area contributed by atoms with Crippen molar-refractivity contribution in [3.8, 4) is 0 Å². The van der Waals surface area contributed by atoms with E-state index in [-0.39, 0.29) is 9.90 Å². The van der Waals surface area contributed by atoms with Crippen LogP contribution in [0.1, 0.15) is 5.69 Å². The number of hydrogen-bond acceptors (Lipinski definition) is 5. The minimum atomic E-state index is -4.11. The van der Waals surface area contributed by atoms with Gasteiger partial charge in [-0.1, -0.05) is 11.3 Å². The third-order valence-corrected chi connectivity index (χ3v) is 4.85. The lowest BCUT2D eigenvalue weighted by Gasteiger charge is -2.14. The zero-order chi connectivity index (χ0) is 13.3. The third kappa shape index (κ3) is 3.56. The summed E-state index contributed by atoms with van der Waals surface area (Å²) in [6.07, 6.45) is 0. The molecule has 0 radical (unpaired) electrons. The molecule has 0 atom stereocenters. The van der Waals surface area contributed by atoms with E-state index in [0.717, 1.165) is 0 Å². The number of thiazole rings is 1. The van der Waals surface area contributed by atoms with E-state index in [2.05, 4.69) is 4.98 Å². The number of hydrogen-bond donors (Lipinski definition) is 3. The molecule has 0 amide bonds. The summed E-state index contributed by atoms with van der Waals surface area (Å²) in [7, 11) is -4.11. The first-order valence-electron chi connectivity index (χ1n) is 4.45. The van der Waals surface area contributed by atoms with Crippen molar-refractivity contribution in [1.29, 1.82) is 0 Å². The fourth-order valence-corrected chi connectivity index (χ4v) is 3.39. The summed E-state index contributed by atoms with van der Waals surface area (Å²) in [6.45, 7) is -0.692. The SMILES string of the molecule is Cc1[nH]c(=O)sc1S(=O)(=O)NCC(F)(F)CN. The second-order valence-corrected chi connectivity index (χ2v) is 6.26. The van der Waals surface area contributed by atoms with Crippen molar-refractivity contribution in [2.75, 3.05) is 13.1 Å². The Morgan fingerprint density at radius 3 is 2.53 bits per heavy atom. The smallest absolute Gasteiger partial charge is 0.305 e. The molecule has 10 heteroatoms. The number of aromatic nitrogens is 1. The first-order valence-corrected chi connectivity index (χ1v) is 6.75. The quantitative estimate of drug-likeness (QED) is 0.686. The van der Waals surface area contributed by atoms with Crippen LogP contribution in [0.4, 0.5) is 8.78 Å². The predicted octanol–water partition coefficient (Wildman–Crippen LogP) is -0.383. The van der Waals surface area contributed by atoms with E-state index in [9.17, 15) is 22.0 Å². The molecule has 1 aromatic heterocycles. The standard InChI is InChI=1S/C7H11F2N3O3S2/c1-4-5(16-6(13)12-4)17(14,15)11-3-7(8,9)2-10/h11H,2-3,10H2,1H3,(H,12,13). The summed E-state index contributed by atoms with van der Waals surface area (Å²) in [5.41, 5.74) is 4.88. The molecule has 0 saturated heterocycles. The molecule has 0 aliphatic rings. The summed E-state index contributed by atoms with van der Waals surface area (Å²) in [6, 6.07) is 0. The highest BCUT2D eigenvalue weighted by Gasteiger charge is 2.30. The van der Waals surface area contributed by atoms with Gasteiger partial charge < -0.3 is 10.7 Å². The Hall–Kier alpha value is -0.840. The number of halogens is 2. The summed E-state index contributed by atoms with van der Waals surface area (Å²) in [5, 5.41) is 0. The van der Waals surface area contributed by atoms with Crippen molar-refractivity contribution in [2.45, 2.75) is 17.1 Å². The second-order valence-electron chi connectivity index (χ2n) is 3.31. The summed E-state index contributed by atoms with van der Waals surface area (Å²) in [4.78, 5) is 12.6. The Kier molecular flexibility index (Phi) is 4.02. The van der Waals surface area contributed by atoms with Crippen LogP contribution in [0.25, 0.3) is 0 Å². The molecule has 4 N–H and O–H groups in total. The molecule has 0 aromatic carbocycles. The maximum Gasteiger partial charge on any atom is 0.305 e. The first kappa shape index (κ1) is 14.2. The van der Waals surface area contributed by atoms with Crippen LogP contribution in [0.2, 0.25) is 0 Å². The highest BCUT2D eigenvalue weighted by molar-refractivity contribution is 7.91. The van der Waals surface area contributed by atoms with Crippen LogP contribution >= 0.6 is 11.3 Å². The van der Waals surface area contributed by atoms with E-state index in [0.29, 0.717) is 11.3 Å². The van der Waals surface area contributed by atoms with Gasteiger partial charge >= 0.3 is 4.87 Å². The molecule has 0 bridgehead atoms. The van der Waals surface area contributed by atoms with Crippen LogP contribution in [0, 0.1) is 6.92 Å². The Labute approximate surface area is 99.9 Å². The van der Waals surface area contributed by atoms with E-state index in [1.54, 1.807) is 4.72 Å². The van der Waals surface area contributed by atoms with Crippen molar-refractivity contribution in [3.05, 3.63) is 15.4 Å². The molecule has 0 fully saturated rings. The van der Waals surface area contributed by atoms with Gasteiger partial charge in [-0.15, -0.1) is 0 Å². The third-order valence-electron chi connectivity index (χ3n) is 1.84. The van der Waals surface area contributed by atoms with Gasteiger partial charge in [0.2, 0.25) is 0 Å². The average molecular weight is 287 g/mol. The fraction of sp³-hybridized carbons (Fsp3) is 0.571. The van der Waals surface area contributed by atoms with Gasteiger partial charge in [-0.2, -0.15) is 0 Å². The maximum absolute atomic E-state index is 12.8. The summed E-state index contributed by atoms with van der Waals surface area (Å²) >= 11 is 0.442. The first-order chi connectivity index (χ1) is 7.68. The molecule has 17 heavy (non-hydrogen) atoms. The monoisotopic (exact) mass is 287 g/mol. The van der Waals surface area contributed by atoms with E-state index in [4.69, 9.17) is 5.73 Å². The van der Waals surface area contributed by atoms with E-state index < -0.39 is 33.9 Å². The highest BCUT2D eigenvalue weighted by Crippen LogP contribution is 2.17. The van der Waals surface area contributed by atoms with Gasteiger partial charge in [0.25, 0.3) is 15.9 Å². The molecule has 0 aliphatic heterocycles. The van der Waals surface area contributed by atoms with Gasteiger partial charge in [-0.3, -0.25) is 4.79 Å². The number of alkyl halides is 2. The van der Waals surface area contributed by atoms with Gasteiger partial charge in [0.15, 0.2) is 4.21 Å². The van der Waals surface area contributed by atoms with E-state index >= 15 is 0 Å². The Morgan fingerprint density at radius 1 is 1.53 bits per heavy atom. The molecular formula is C7H11F2N3O3S2. The van der Waals surface area contributed by atoms with Crippen molar-refractivity contribution < 1.29 is 17.2 Å². The largest absolute Gasteiger partial charge is 0.325 e. The number of rotatable bonds is 5. The second kappa shape index (κ2) is 4.80. The summed E-state index contributed by atoms with van der Waals surface area (Å²) < 4.78 is 50.2. The number of H-pyrrole nitrogens is 1. The number of nitrogens with one attached hydrogen (secondary N) is 2. The lowest BCUT2D eigenvalue weighted by atomic mass is 10.3. The predicted molar refractivity (Wildman–Crippen MR) is 58.9 cm³/mol. The van der Waals surface area contributed by atoms with Crippen LogP contribution < -0.4 is 15.3 Å². The normalized spacial score (nSPS) is 12.9. The molecule has 1 rings (SSSR count). The van der Waals surface area contributed by atoms with Crippen LogP contribution in [0.3, 0.4) is 0 Å². The number of sulfonamides is 1. The van der Waals surface area contributed by atoms with Crippen LogP contribution in [-0.2, 0) is 10.0 Å². The van der Waals surface area contributed by atoms with Crippen LogP contribution in [0.15, 0.2) is 9.00 Å². The van der Waals surface area contributed by atoms with Crippen molar-refractivity contribution >= 4 is 21.4 Å². The van der Waals surface area contributed by atoms with Crippen molar-refractivity contribution in [1.82, 2.24) is 9.71 Å². The molecular weight excluding hydrogens is 276 g/mol. The zero-order valence-electron chi connectivity index (χ0n) is 8.79. The minimum Gasteiger partial charge on any atom is -0.325 e. The molecule has 1 aromatic rings. The molecule has 0 aliphatic carbocycles. The fourth-order valence-electron chi connectivity index (χ4n) is 0.985. The Balaban J connectivity index is 2.91. The molecule has 98 valence electrons. The van der Waals surface area contributed by atoms with Gasteiger partial charge in [0.05, 0.1) is 13.1 Å². The number of aryl methyl sites for hydroxylation is 1. The van der Waals surface area contributed by atoms with Gasteiger partial charge in [0.1, 0.15) is 0 Å². The van der Waals surface area contributed by atoms with Gasteiger partial charge in [0, 0.05) is 5.69 Å². The maximum atomic E-state index is 12.8. The van der Waals surface area contributed by atoms with E-state index in [1.807, 2.05) is 0 Å². The highest BCUT2D eigenvalue weighted by atomic mass is 32.2. The Bertz CT molecular complexity index is 549. The number of aromatic amines is 1. The van der Waals surface area contributed by atoms with Gasteiger partial charge in [-0.25, -0.2) is 21.9 Å². The van der Waals surface area contributed by atoms with Crippen molar-refractivity contribution in [2.24, 2.45) is 5.73 Å². The van der Waals surface area contributed by atoms with Crippen LogP contribution in [0.5, 0.6) is 0 Å². The molecule has 6 nitrogen and oxygen atoms in total. The van der Waals surface area contributed by atoms with Crippen molar-refractivity contribution in [3.63, 3.8) is 0 Å². The van der Waals surface area contributed by atoms with Crippen LogP contribution in [-0.4, -0.2) is 32.4 Å². The summed E-state index contributed by atoms with van der Waals surface area (Å²) in [5.74, 6) is -3.32. The molecule has 0 saturated carbocycles. The Morgan fingerprint density at radius 2 is 2.12 bits per heavy atom. The molecule has 0 unspecified atom stereocenters. The van der Waals surface area contributed by atoms with E-state index in [1.165, 1.54) is 6.92 Å². The number of nitrogens with two attached hydrogens (primary N) is 1. The topological polar surface area (TPSA) is 105 Å². The molecule has 1 heterocycles. The lowest BCUT2D eigenvalue weighted by molar-refractivity contribution is 0.0170. The zero-order valence-corrected chi connectivity index (χ0v) is 10.4. The van der Waals surface area contributed by atoms with Gasteiger partial charge in [-0.05, 0) is 6.92 Å². The molecule has 0 spiro atoms.